The van der Waals surface area contributed by atoms with Crippen LogP contribution in [0, 0.1) is 15.9 Å². The summed E-state index contributed by atoms with van der Waals surface area (Å²) in [6, 6.07) is 9.82. The van der Waals surface area contributed by atoms with Gasteiger partial charge in [0.25, 0.3) is 5.69 Å². The van der Waals surface area contributed by atoms with Crippen molar-refractivity contribution in [2.24, 2.45) is 0 Å². The van der Waals surface area contributed by atoms with Crippen molar-refractivity contribution in [3.05, 3.63) is 69.5 Å². The highest BCUT2D eigenvalue weighted by Gasteiger charge is 2.14. The maximum Gasteiger partial charge on any atom is 0.335 e. The van der Waals surface area contributed by atoms with Gasteiger partial charge in [-0.2, -0.15) is 0 Å². The van der Waals surface area contributed by atoms with Gasteiger partial charge in [-0.3, -0.25) is 10.1 Å². The molecule has 108 valence electrons. The molecule has 7 heteroatoms. The van der Waals surface area contributed by atoms with Crippen molar-refractivity contribution in [1.29, 1.82) is 0 Å². The standard InChI is InChI=1S/C14H10FNO4S/c15-11-7-9(14(17)18)5-6-10(11)8-21-13-4-2-1-3-12(13)16(19)20/h1-7H,8H2,(H,17,18). The minimum absolute atomic E-state index is 0.0370. The third-order valence-corrected chi connectivity index (χ3v) is 3.86. The number of halogens is 1. The monoisotopic (exact) mass is 307 g/mol. The molecule has 0 radical (unpaired) electrons. The Labute approximate surface area is 123 Å². The Bertz CT molecular complexity index is 705. The topological polar surface area (TPSA) is 80.4 Å². The molecular weight excluding hydrogens is 297 g/mol. The summed E-state index contributed by atoms with van der Waals surface area (Å²) in [4.78, 5) is 21.5. The van der Waals surface area contributed by atoms with Gasteiger partial charge < -0.3 is 5.11 Å². The van der Waals surface area contributed by atoms with Gasteiger partial charge in [0.2, 0.25) is 0 Å². The molecule has 0 saturated heterocycles. The lowest BCUT2D eigenvalue weighted by Gasteiger charge is -2.05. The lowest BCUT2D eigenvalue weighted by Crippen LogP contribution is -1.99. The van der Waals surface area contributed by atoms with E-state index in [1.54, 1.807) is 18.2 Å². The fourth-order valence-electron chi connectivity index (χ4n) is 1.68. The molecule has 21 heavy (non-hydrogen) atoms. The first kappa shape index (κ1) is 15.0. The Morgan fingerprint density at radius 1 is 1.29 bits per heavy atom. The maximum absolute atomic E-state index is 13.8. The number of carboxylic acid groups (broad SMARTS) is 1. The molecule has 0 saturated carbocycles. The molecule has 0 aliphatic heterocycles. The average Bonchev–Trinajstić information content (AvgIpc) is 2.46. The zero-order valence-corrected chi connectivity index (χ0v) is 11.5. The molecule has 0 aromatic heterocycles. The first-order valence-electron chi connectivity index (χ1n) is 5.87. The minimum atomic E-state index is -1.20. The van der Waals surface area contributed by atoms with Crippen molar-refractivity contribution < 1.29 is 19.2 Å². The summed E-state index contributed by atoms with van der Waals surface area (Å²) in [5.41, 5.74) is 0.125. The number of hydrogen-bond acceptors (Lipinski definition) is 4. The second-order valence-electron chi connectivity index (χ2n) is 4.12. The number of nitrogens with zero attached hydrogens (tertiary/aromatic N) is 1. The van der Waals surface area contributed by atoms with Crippen molar-refractivity contribution in [2.45, 2.75) is 10.6 Å². The van der Waals surface area contributed by atoms with Gasteiger partial charge in [-0.1, -0.05) is 18.2 Å². The molecule has 0 aliphatic carbocycles. The predicted molar refractivity (Wildman–Crippen MR) is 76.0 cm³/mol. The first-order chi connectivity index (χ1) is 9.99. The van der Waals surface area contributed by atoms with E-state index in [0.29, 0.717) is 10.5 Å². The van der Waals surface area contributed by atoms with E-state index in [4.69, 9.17) is 5.11 Å². The van der Waals surface area contributed by atoms with Gasteiger partial charge in [-0.15, -0.1) is 11.8 Å². The van der Waals surface area contributed by atoms with Crippen molar-refractivity contribution in [3.8, 4) is 0 Å². The molecule has 2 aromatic rings. The summed E-state index contributed by atoms with van der Waals surface area (Å²) in [7, 11) is 0. The minimum Gasteiger partial charge on any atom is -0.478 e. The molecule has 0 amide bonds. The van der Waals surface area contributed by atoms with E-state index in [-0.39, 0.29) is 17.0 Å². The Kier molecular flexibility index (Phi) is 4.54. The van der Waals surface area contributed by atoms with Gasteiger partial charge in [0.05, 0.1) is 15.4 Å². The molecular formula is C14H10FNO4S. The predicted octanol–water partition coefficient (Wildman–Crippen LogP) is 3.72. The largest absolute Gasteiger partial charge is 0.478 e. The van der Waals surface area contributed by atoms with Gasteiger partial charge in [-0.05, 0) is 23.8 Å². The van der Waals surface area contributed by atoms with Crippen LogP contribution >= 0.6 is 11.8 Å². The second-order valence-corrected chi connectivity index (χ2v) is 5.14. The average molecular weight is 307 g/mol. The molecule has 0 aliphatic rings. The zero-order chi connectivity index (χ0) is 15.4. The normalized spacial score (nSPS) is 10.3. The van der Waals surface area contributed by atoms with Crippen LogP contribution in [-0.4, -0.2) is 16.0 Å². The lowest BCUT2D eigenvalue weighted by molar-refractivity contribution is -0.387. The van der Waals surface area contributed by atoms with E-state index < -0.39 is 16.7 Å². The van der Waals surface area contributed by atoms with E-state index in [1.165, 1.54) is 18.2 Å². The van der Waals surface area contributed by atoms with Crippen LogP contribution in [0.2, 0.25) is 0 Å². The van der Waals surface area contributed by atoms with Crippen LogP contribution < -0.4 is 0 Å². The number of nitro benzene ring substituents is 1. The van der Waals surface area contributed by atoms with Crippen molar-refractivity contribution in [2.75, 3.05) is 0 Å². The van der Waals surface area contributed by atoms with Gasteiger partial charge in [-0.25, -0.2) is 9.18 Å². The van der Waals surface area contributed by atoms with Crippen molar-refractivity contribution in [1.82, 2.24) is 0 Å². The molecule has 0 heterocycles. The summed E-state index contributed by atoms with van der Waals surface area (Å²) in [5, 5.41) is 19.6. The first-order valence-corrected chi connectivity index (χ1v) is 6.85. The molecule has 0 atom stereocenters. The Balaban J connectivity index is 2.17. The van der Waals surface area contributed by atoms with Gasteiger partial charge >= 0.3 is 5.97 Å². The third kappa shape index (κ3) is 3.57. The summed E-state index contributed by atoms with van der Waals surface area (Å²) < 4.78 is 13.8. The molecule has 0 bridgehead atoms. The molecule has 0 fully saturated rings. The number of rotatable bonds is 5. The Hall–Kier alpha value is -2.41. The number of carbonyl (C=O) groups is 1. The third-order valence-electron chi connectivity index (χ3n) is 2.75. The van der Waals surface area contributed by atoms with E-state index in [9.17, 15) is 19.3 Å². The molecule has 2 aromatic carbocycles. The quantitative estimate of drug-likeness (QED) is 0.517. The summed E-state index contributed by atoms with van der Waals surface area (Å²) in [6.07, 6.45) is 0. The van der Waals surface area contributed by atoms with Gasteiger partial charge in [0, 0.05) is 11.8 Å². The summed E-state index contributed by atoms with van der Waals surface area (Å²) in [6.45, 7) is 0. The van der Waals surface area contributed by atoms with Crippen LogP contribution in [0.15, 0.2) is 47.4 Å². The van der Waals surface area contributed by atoms with E-state index in [0.717, 1.165) is 17.8 Å². The molecule has 2 rings (SSSR count). The van der Waals surface area contributed by atoms with Crippen LogP contribution in [0.1, 0.15) is 15.9 Å². The molecule has 0 unspecified atom stereocenters. The van der Waals surface area contributed by atoms with Crippen LogP contribution in [-0.2, 0) is 5.75 Å². The number of thioether (sulfide) groups is 1. The van der Waals surface area contributed by atoms with Crippen molar-refractivity contribution >= 4 is 23.4 Å². The maximum atomic E-state index is 13.8. The number of nitro groups is 1. The highest BCUT2D eigenvalue weighted by molar-refractivity contribution is 7.98. The highest BCUT2D eigenvalue weighted by Crippen LogP contribution is 2.31. The van der Waals surface area contributed by atoms with Gasteiger partial charge in [0.1, 0.15) is 5.82 Å². The van der Waals surface area contributed by atoms with E-state index in [2.05, 4.69) is 0 Å². The van der Waals surface area contributed by atoms with Crippen molar-refractivity contribution in [3.63, 3.8) is 0 Å². The fraction of sp³-hybridized carbons (Fsp3) is 0.0714. The van der Waals surface area contributed by atoms with Crippen LogP contribution in [0.3, 0.4) is 0 Å². The number of hydrogen-bond donors (Lipinski definition) is 1. The van der Waals surface area contributed by atoms with E-state index >= 15 is 0 Å². The highest BCUT2D eigenvalue weighted by atomic mass is 32.2. The Morgan fingerprint density at radius 2 is 2.00 bits per heavy atom. The number of para-hydroxylation sites is 1. The summed E-state index contributed by atoms with van der Waals surface area (Å²) in [5.74, 6) is -1.66. The van der Waals surface area contributed by atoms with Crippen LogP contribution in [0.25, 0.3) is 0 Å². The smallest absolute Gasteiger partial charge is 0.335 e. The number of benzene rings is 2. The molecule has 5 nitrogen and oxygen atoms in total. The number of carboxylic acids is 1. The summed E-state index contributed by atoms with van der Waals surface area (Å²) >= 11 is 1.13. The van der Waals surface area contributed by atoms with E-state index in [1.807, 2.05) is 0 Å². The SMILES string of the molecule is O=C(O)c1ccc(CSc2ccccc2[N+](=O)[O-])c(F)c1. The zero-order valence-electron chi connectivity index (χ0n) is 10.7. The molecule has 1 N–H and O–H groups in total. The second kappa shape index (κ2) is 6.36. The lowest BCUT2D eigenvalue weighted by atomic mass is 10.1. The molecule has 0 spiro atoms. The van der Waals surface area contributed by atoms with Gasteiger partial charge in [0.15, 0.2) is 0 Å². The number of aromatic carboxylic acids is 1. The van der Waals surface area contributed by atoms with Crippen LogP contribution in [0.4, 0.5) is 10.1 Å². The fourth-order valence-corrected chi connectivity index (χ4v) is 2.69. The van der Waals surface area contributed by atoms with Crippen LogP contribution in [0.5, 0.6) is 0 Å². The Morgan fingerprint density at radius 3 is 2.62 bits per heavy atom.